The number of aliphatic hydroxyl groups excluding tert-OH is 1. The van der Waals surface area contributed by atoms with Crippen molar-refractivity contribution in [1.29, 1.82) is 0 Å². The molecule has 1 aromatic rings. The molecule has 1 amide bonds. The number of amides is 1. The Morgan fingerprint density at radius 2 is 2.09 bits per heavy atom. The zero-order valence-corrected chi connectivity index (χ0v) is 18.7. The van der Waals surface area contributed by atoms with E-state index in [1.165, 1.54) is 0 Å². The lowest BCUT2D eigenvalue weighted by Gasteiger charge is -2.39. The number of carbonyl (C=O) groups is 2. The van der Waals surface area contributed by atoms with Gasteiger partial charge in [-0.3, -0.25) is 14.5 Å². The number of methoxy groups -OCH3 is 1. The second-order valence-electron chi connectivity index (χ2n) is 8.48. The van der Waals surface area contributed by atoms with E-state index in [-0.39, 0.29) is 17.8 Å². The van der Waals surface area contributed by atoms with E-state index in [1.807, 2.05) is 4.90 Å². The molecule has 4 rings (SSSR count). The van der Waals surface area contributed by atoms with Crippen molar-refractivity contribution in [3.05, 3.63) is 23.3 Å². The summed E-state index contributed by atoms with van der Waals surface area (Å²) in [5, 5.41) is 10.5. The summed E-state index contributed by atoms with van der Waals surface area (Å²) in [5.41, 5.74) is 1.41. The molecule has 9 heteroatoms. The molecule has 176 valence electrons. The minimum atomic E-state index is -0.702. The van der Waals surface area contributed by atoms with Gasteiger partial charge in [0.1, 0.15) is 18.4 Å². The summed E-state index contributed by atoms with van der Waals surface area (Å²) in [5.74, 6) is 1.02. The van der Waals surface area contributed by atoms with E-state index in [2.05, 4.69) is 0 Å². The summed E-state index contributed by atoms with van der Waals surface area (Å²) in [6, 6.07) is 3.53. The third kappa shape index (κ3) is 4.91. The molecule has 0 radical (unpaired) electrons. The van der Waals surface area contributed by atoms with Crippen LogP contribution in [0.4, 0.5) is 0 Å². The second kappa shape index (κ2) is 10.2. The predicted octanol–water partition coefficient (Wildman–Crippen LogP) is 1.21. The largest absolute Gasteiger partial charge is 0.493 e. The lowest BCUT2D eigenvalue weighted by atomic mass is 9.97. The Morgan fingerprint density at radius 1 is 1.25 bits per heavy atom. The number of β-amino-alcohol motifs (C(OH)–C–C–N with tert-alkyl or cyclic N) is 1. The standard InChI is InChI=1S/C23H32N2O7/c1-15-22(27)17-12-20(19(29-2)11-16(17)14-32-15)31-10-4-6-24-7-8-25(13-21(24)26)23(28)18-5-3-9-30-18/h11-12,15,18,21,26H,3-10,13-14H2,1-2H3. The zero-order chi connectivity index (χ0) is 22.7. The number of fused-ring (bicyclic) bond motifs is 1. The smallest absolute Gasteiger partial charge is 0.251 e. The van der Waals surface area contributed by atoms with E-state index < -0.39 is 12.3 Å². The topological polar surface area (TPSA) is 97.8 Å². The molecule has 3 aliphatic heterocycles. The number of Topliss-reactive ketones (excluding diaryl/α,β-unsaturated/α-hetero) is 1. The first-order chi connectivity index (χ1) is 15.5. The average Bonchev–Trinajstić information content (AvgIpc) is 3.34. The zero-order valence-electron chi connectivity index (χ0n) is 18.7. The number of aliphatic hydroxyl groups is 1. The van der Waals surface area contributed by atoms with Crippen molar-refractivity contribution in [3.8, 4) is 11.5 Å². The highest BCUT2D eigenvalue weighted by Gasteiger charge is 2.33. The number of hydrogen-bond donors (Lipinski definition) is 1. The first kappa shape index (κ1) is 23.0. The molecule has 3 heterocycles. The van der Waals surface area contributed by atoms with Crippen LogP contribution in [-0.4, -0.2) is 91.5 Å². The Bertz CT molecular complexity index is 840. The van der Waals surface area contributed by atoms with Crippen LogP contribution in [0.25, 0.3) is 0 Å². The third-order valence-electron chi connectivity index (χ3n) is 6.34. The summed E-state index contributed by atoms with van der Waals surface area (Å²) in [6.07, 6.45) is 0.841. The summed E-state index contributed by atoms with van der Waals surface area (Å²) in [4.78, 5) is 28.5. The molecule has 1 aromatic carbocycles. The van der Waals surface area contributed by atoms with Crippen LogP contribution in [0.15, 0.2) is 12.1 Å². The molecule has 3 unspecified atom stereocenters. The molecule has 0 saturated carbocycles. The first-order valence-corrected chi connectivity index (χ1v) is 11.3. The minimum absolute atomic E-state index is 0.0155. The Labute approximate surface area is 188 Å². The molecular weight excluding hydrogens is 416 g/mol. The number of ketones is 1. The van der Waals surface area contributed by atoms with E-state index in [0.29, 0.717) is 69.5 Å². The summed E-state index contributed by atoms with van der Waals surface area (Å²) >= 11 is 0. The molecule has 1 N–H and O–H groups in total. The van der Waals surface area contributed by atoms with Crippen molar-refractivity contribution >= 4 is 11.7 Å². The van der Waals surface area contributed by atoms with Gasteiger partial charge in [0.05, 0.1) is 26.9 Å². The first-order valence-electron chi connectivity index (χ1n) is 11.3. The van der Waals surface area contributed by atoms with Gasteiger partial charge in [-0.1, -0.05) is 0 Å². The van der Waals surface area contributed by atoms with E-state index in [1.54, 1.807) is 31.1 Å². The fourth-order valence-corrected chi connectivity index (χ4v) is 4.42. The highest BCUT2D eigenvalue weighted by Crippen LogP contribution is 2.34. The quantitative estimate of drug-likeness (QED) is 0.622. The van der Waals surface area contributed by atoms with Crippen LogP contribution < -0.4 is 9.47 Å². The van der Waals surface area contributed by atoms with Crippen LogP contribution in [0, 0.1) is 0 Å². The van der Waals surface area contributed by atoms with E-state index >= 15 is 0 Å². The SMILES string of the molecule is COc1cc2c(cc1OCCCN1CCN(C(=O)C3CCCO3)CC1O)C(=O)C(C)OC2. The molecule has 0 bridgehead atoms. The lowest BCUT2D eigenvalue weighted by Crippen LogP contribution is -2.56. The summed E-state index contributed by atoms with van der Waals surface area (Å²) in [6.45, 7) is 5.28. The third-order valence-corrected chi connectivity index (χ3v) is 6.34. The van der Waals surface area contributed by atoms with Gasteiger partial charge in [-0.15, -0.1) is 0 Å². The monoisotopic (exact) mass is 448 g/mol. The van der Waals surface area contributed by atoms with Gasteiger partial charge >= 0.3 is 0 Å². The van der Waals surface area contributed by atoms with Crippen LogP contribution in [0.3, 0.4) is 0 Å². The minimum Gasteiger partial charge on any atom is -0.493 e. The van der Waals surface area contributed by atoms with Gasteiger partial charge in [0.15, 0.2) is 17.3 Å². The van der Waals surface area contributed by atoms with E-state index in [9.17, 15) is 14.7 Å². The van der Waals surface area contributed by atoms with Gasteiger partial charge < -0.3 is 29.0 Å². The van der Waals surface area contributed by atoms with Crippen LogP contribution in [-0.2, 0) is 20.9 Å². The average molecular weight is 449 g/mol. The number of benzene rings is 1. The van der Waals surface area contributed by atoms with Crippen molar-refractivity contribution in [1.82, 2.24) is 9.80 Å². The Hall–Kier alpha value is -2.20. The molecular formula is C23H32N2O7. The maximum absolute atomic E-state index is 12.5. The van der Waals surface area contributed by atoms with Gasteiger partial charge in [-0.25, -0.2) is 0 Å². The van der Waals surface area contributed by atoms with Crippen LogP contribution in [0.5, 0.6) is 11.5 Å². The van der Waals surface area contributed by atoms with Gasteiger partial charge in [0.2, 0.25) is 0 Å². The molecule has 0 aliphatic carbocycles. The van der Waals surface area contributed by atoms with Crippen LogP contribution in [0.1, 0.15) is 42.1 Å². The van der Waals surface area contributed by atoms with Crippen molar-refractivity contribution in [2.24, 2.45) is 0 Å². The van der Waals surface area contributed by atoms with Gasteiger partial charge in [0.25, 0.3) is 5.91 Å². The van der Waals surface area contributed by atoms with Gasteiger partial charge in [-0.2, -0.15) is 0 Å². The fraction of sp³-hybridized carbons (Fsp3) is 0.652. The molecule has 3 aliphatic rings. The number of piperazine rings is 1. The maximum Gasteiger partial charge on any atom is 0.251 e. The highest BCUT2D eigenvalue weighted by atomic mass is 16.5. The van der Waals surface area contributed by atoms with E-state index in [4.69, 9.17) is 18.9 Å². The van der Waals surface area contributed by atoms with Crippen molar-refractivity contribution in [3.63, 3.8) is 0 Å². The lowest BCUT2D eigenvalue weighted by molar-refractivity contribution is -0.149. The molecule has 32 heavy (non-hydrogen) atoms. The molecule has 2 fully saturated rings. The van der Waals surface area contributed by atoms with Crippen LogP contribution >= 0.6 is 0 Å². The van der Waals surface area contributed by atoms with E-state index in [0.717, 1.165) is 18.4 Å². The Kier molecular flexibility index (Phi) is 7.30. The second-order valence-corrected chi connectivity index (χ2v) is 8.48. The van der Waals surface area contributed by atoms with Gasteiger partial charge in [-0.05, 0) is 43.9 Å². The van der Waals surface area contributed by atoms with Crippen molar-refractivity contribution < 1.29 is 33.6 Å². The number of hydrogen-bond acceptors (Lipinski definition) is 8. The Balaban J connectivity index is 1.26. The number of rotatable bonds is 7. The number of nitrogens with zero attached hydrogens (tertiary/aromatic N) is 2. The normalized spacial score (nSPS) is 26.2. The molecule has 2 saturated heterocycles. The van der Waals surface area contributed by atoms with Crippen LogP contribution in [0.2, 0.25) is 0 Å². The van der Waals surface area contributed by atoms with Crippen molar-refractivity contribution in [2.75, 3.05) is 46.5 Å². The van der Waals surface area contributed by atoms with Gasteiger partial charge in [0, 0.05) is 31.8 Å². The molecule has 9 nitrogen and oxygen atoms in total. The fourth-order valence-electron chi connectivity index (χ4n) is 4.42. The molecule has 0 aromatic heterocycles. The Morgan fingerprint density at radius 3 is 2.81 bits per heavy atom. The molecule has 3 atom stereocenters. The number of carbonyl (C=O) groups excluding carboxylic acids is 2. The predicted molar refractivity (Wildman–Crippen MR) is 115 cm³/mol. The molecule has 0 spiro atoms. The maximum atomic E-state index is 12.5. The number of ether oxygens (including phenoxy) is 4. The summed E-state index contributed by atoms with van der Waals surface area (Å²) < 4.78 is 22.3. The highest BCUT2D eigenvalue weighted by molar-refractivity contribution is 6.01. The summed E-state index contributed by atoms with van der Waals surface area (Å²) in [7, 11) is 1.57. The van der Waals surface area contributed by atoms with Crippen molar-refractivity contribution in [2.45, 2.75) is 51.2 Å².